The number of carbonyl (C=O) groups excluding carboxylic acids is 1. The van der Waals surface area contributed by atoms with Crippen LogP contribution in [0.2, 0.25) is 0 Å². The van der Waals surface area contributed by atoms with Crippen LogP contribution in [0.5, 0.6) is 5.75 Å². The zero-order chi connectivity index (χ0) is 17.9. The Kier molecular flexibility index (Phi) is 5.11. The zero-order valence-corrected chi connectivity index (χ0v) is 15.2. The first-order valence-corrected chi connectivity index (χ1v) is 8.86. The largest absolute Gasteiger partial charge is 0.493 e. The Hall–Kier alpha value is -2.30. The van der Waals surface area contributed by atoms with Crippen molar-refractivity contribution in [3.8, 4) is 5.75 Å². The van der Waals surface area contributed by atoms with Gasteiger partial charge in [-0.05, 0) is 57.9 Å². The summed E-state index contributed by atoms with van der Waals surface area (Å²) in [4.78, 5) is 18.4. The number of nitrogens with zero attached hydrogens (tertiary/aromatic N) is 2. The average Bonchev–Trinajstić information content (AvgIpc) is 2.58. The van der Waals surface area contributed by atoms with Crippen LogP contribution in [0.25, 0.3) is 10.9 Å². The molecule has 1 fully saturated rings. The minimum Gasteiger partial charge on any atom is -0.493 e. The molecule has 25 heavy (non-hydrogen) atoms. The van der Waals surface area contributed by atoms with Gasteiger partial charge in [-0.15, -0.1) is 0 Å². The number of pyridine rings is 1. The second-order valence-corrected chi connectivity index (χ2v) is 7.60. The average molecular weight is 342 g/mol. The van der Waals surface area contributed by atoms with Crippen molar-refractivity contribution in [2.75, 3.05) is 19.7 Å². The van der Waals surface area contributed by atoms with Gasteiger partial charge >= 0.3 is 6.09 Å². The van der Waals surface area contributed by atoms with Gasteiger partial charge in [-0.3, -0.25) is 4.98 Å². The van der Waals surface area contributed by atoms with Gasteiger partial charge in [-0.25, -0.2) is 4.79 Å². The van der Waals surface area contributed by atoms with Crippen molar-refractivity contribution in [3.05, 3.63) is 36.5 Å². The molecule has 0 unspecified atom stereocenters. The molecule has 3 rings (SSSR count). The smallest absolute Gasteiger partial charge is 0.410 e. The van der Waals surface area contributed by atoms with E-state index in [-0.39, 0.29) is 6.09 Å². The van der Waals surface area contributed by atoms with Crippen molar-refractivity contribution in [3.63, 3.8) is 0 Å². The van der Waals surface area contributed by atoms with Crippen LogP contribution in [0.15, 0.2) is 36.5 Å². The van der Waals surface area contributed by atoms with Gasteiger partial charge in [-0.1, -0.05) is 6.07 Å². The first-order valence-electron chi connectivity index (χ1n) is 8.86. The lowest BCUT2D eigenvalue weighted by atomic mass is 9.99. The highest BCUT2D eigenvalue weighted by atomic mass is 16.6. The predicted molar refractivity (Wildman–Crippen MR) is 97.8 cm³/mol. The van der Waals surface area contributed by atoms with Gasteiger partial charge in [0, 0.05) is 30.6 Å². The molecule has 0 saturated carbocycles. The van der Waals surface area contributed by atoms with Crippen molar-refractivity contribution in [1.82, 2.24) is 9.88 Å². The van der Waals surface area contributed by atoms with E-state index in [1.165, 1.54) is 0 Å². The maximum atomic E-state index is 12.2. The van der Waals surface area contributed by atoms with Crippen molar-refractivity contribution < 1.29 is 14.3 Å². The second kappa shape index (κ2) is 7.30. The number of aromatic nitrogens is 1. The van der Waals surface area contributed by atoms with E-state index >= 15 is 0 Å². The molecule has 1 aliphatic heterocycles. The second-order valence-electron chi connectivity index (χ2n) is 7.60. The topological polar surface area (TPSA) is 51.7 Å². The molecule has 5 nitrogen and oxygen atoms in total. The normalized spacial score (nSPS) is 18.2. The van der Waals surface area contributed by atoms with Crippen LogP contribution >= 0.6 is 0 Å². The molecule has 1 atom stereocenters. The maximum absolute atomic E-state index is 12.2. The molecule has 0 radical (unpaired) electrons. The van der Waals surface area contributed by atoms with Gasteiger partial charge in [0.2, 0.25) is 0 Å². The van der Waals surface area contributed by atoms with Crippen molar-refractivity contribution >= 4 is 17.0 Å². The lowest BCUT2D eigenvalue weighted by molar-refractivity contribution is 0.0139. The van der Waals surface area contributed by atoms with E-state index < -0.39 is 5.60 Å². The molecule has 2 aromatic rings. The molecular formula is C20H26N2O3. The van der Waals surface area contributed by atoms with E-state index in [0.29, 0.717) is 19.1 Å². The van der Waals surface area contributed by atoms with Gasteiger partial charge in [0.15, 0.2) is 0 Å². The van der Waals surface area contributed by atoms with Gasteiger partial charge in [0.05, 0.1) is 12.1 Å². The summed E-state index contributed by atoms with van der Waals surface area (Å²) in [7, 11) is 0. The first-order chi connectivity index (χ1) is 11.9. The summed E-state index contributed by atoms with van der Waals surface area (Å²) in [6.07, 6.45) is 3.61. The Morgan fingerprint density at radius 2 is 2.16 bits per heavy atom. The van der Waals surface area contributed by atoms with Gasteiger partial charge < -0.3 is 14.4 Å². The van der Waals surface area contributed by atoms with Crippen molar-refractivity contribution in [2.45, 2.75) is 39.2 Å². The molecule has 0 aliphatic carbocycles. The molecule has 0 spiro atoms. The monoisotopic (exact) mass is 342 g/mol. The molecule has 2 heterocycles. The summed E-state index contributed by atoms with van der Waals surface area (Å²) in [5.74, 6) is 1.17. The third kappa shape index (κ3) is 4.84. The fourth-order valence-electron chi connectivity index (χ4n) is 3.05. The minimum atomic E-state index is -0.459. The SMILES string of the molecule is CC(C)(C)OC(=O)N1CCC[C@@H](COc2ccc3ncccc3c2)C1. The summed E-state index contributed by atoms with van der Waals surface area (Å²) in [6, 6.07) is 9.88. The number of hydrogen-bond acceptors (Lipinski definition) is 4. The number of fused-ring (bicyclic) bond motifs is 1. The summed E-state index contributed by atoms with van der Waals surface area (Å²) < 4.78 is 11.5. The van der Waals surface area contributed by atoms with E-state index in [1.54, 1.807) is 11.1 Å². The molecule has 5 heteroatoms. The van der Waals surface area contributed by atoms with Crippen LogP contribution < -0.4 is 4.74 Å². The van der Waals surface area contributed by atoms with Gasteiger partial charge in [0.1, 0.15) is 11.4 Å². The molecule has 0 N–H and O–H groups in total. The number of likely N-dealkylation sites (tertiary alicyclic amines) is 1. The maximum Gasteiger partial charge on any atom is 0.410 e. The lowest BCUT2D eigenvalue weighted by Crippen LogP contribution is -2.44. The summed E-state index contributed by atoms with van der Waals surface area (Å²) in [5.41, 5.74) is 0.503. The highest BCUT2D eigenvalue weighted by Crippen LogP contribution is 2.23. The highest BCUT2D eigenvalue weighted by Gasteiger charge is 2.27. The van der Waals surface area contributed by atoms with Crippen LogP contribution in [0, 0.1) is 5.92 Å². The molecule has 1 aliphatic rings. The number of amides is 1. The summed E-state index contributed by atoms with van der Waals surface area (Å²) in [5, 5.41) is 1.07. The molecule has 1 amide bonds. The zero-order valence-electron chi connectivity index (χ0n) is 15.2. The first kappa shape index (κ1) is 17.5. The van der Waals surface area contributed by atoms with Crippen molar-refractivity contribution in [1.29, 1.82) is 0 Å². The fourth-order valence-corrected chi connectivity index (χ4v) is 3.05. The number of benzene rings is 1. The van der Waals surface area contributed by atoms with Gasteiger partial charge in [0.25, 0.3) is 0 Å². The molecule has 134 valence electrons. The Bertz CT molecular complexity index is 739. The third-order valence-electron chi connectivity index (χ3n) is 4.23. The Morgan fingerprint density at radius 1 is 1.32 bits per heavy atom. The Morgan fingerprint density at radius 3 is 2.96 bits per heavy atom. The molecule has 1 saturated heterocycles. The summed E-state index contributed by atoms with van der Waals surface area (Å²) in [6.45, 7) is 7.72. The number of ether oxygens (including phenoxy) is 2. The Labute approximate surface area is 148 Å². The third-order valence-corrected chi connectivity index (χ3v) is 4.23. The molecular weight excluding hydrogens is 316 g/mol. The lowest BCUT2D eigenvalue weighted by Gasteiger charge is -2.34. The molecule has 1 aromatic heterocycles. The number of piperidine rings is 1. The van der Waals surface area contributed by atoms with Crippen LogP contribution in [-0.4, -0.2) is 41.3 Å². The van der Waals surface area contributed by atoms with Crippen LogP contribution in [0.4, 0.5) is 4.79 Å². The van der Waals surface area contributed by atoms with Crippen LogP contribution in [0.3, 0.4) is 0 Å². The summed E-state index contributed by atoms with van der Waals surface area (Å²) >= 11 is 0. The molecule has 1 aromatic carbocycles. The van der Waals surface area contributed by atoms with Crippen LogP contribution in [0.1, 0.15) is 33.6 Å². The fraction of sp³-hybridized carbons (Fsp3) is 0.500. The van der Waals surface area contributed by atoms with Crippen LogP contribution in [-0.2, 0) is 4.74 Å². The highest BCUT2D eigenvalue weighted by molar-refractivity contribution is 5.79. The van der Waals surface area contributed by atoms with E-state index in [2.05, 4.69) is 4.98 Å². The van der Waals surface area contributed by atoms with Crippen molar-refractivity contribution in [2.24, 2.45) is 5.92 Å². The predicted octanol–water partition coefficient (Wildman–Crippen LogP) is 4.26. The van der Waals surface area contributed by atoms with E-state index in [1.807, 2.05) is 51.1 Å². The minimum absolute atomic E-state index is 0.228. The number of carbonyl (C=O) groups is 1. The quantitative estimate of drug-likeness (QED) is 0.836. The van der Waals surface area contributed by atoms with Gasteiger partial charge in [-0.2, -0.15) is 0 Å². The van der Waals surface area contributed by atoms with E-state index in [0.717, 1.165) is 36.0 Å². The van der Waals surface area contributed by atoms with E-state index in [9.17, 15) is 4.79 Å². The number of rotatable bonds is 3. The Balaban J connectivity index is 1.56. The number of hydrogen-bond donors (Lipinski definition) is 0. The van der Waals surface area contributed by atoms with E-state index in [4.69, 9.17) is 9.47 Å². The standard InChI is InChI=1S/C20H26N2O3/c1-20(2,3)25-19(23)22-11-5-6-15(13-22)14-24-17-8-9-18-16(12-17)7-4-10-21-18/h4,7-10,12,15H,5-6,11,13-14H2,1-3H3/t15-/m1/s1. The molecule has 0 bridgehead atoms.